The molecule has 1 aromatic carbocycles. The maximum absolute atomic E-state index is 9.80. The molecule has 6 rings (SSSR count). The Morgan fingerprint density at radius 2 is 2.14 bits per heavy atom. The molecule has 5 atom stereocenters. The van der Waals surface area contributed by atoms with Crippen LogP contribution in [0.25, 0.3) is 0 Å². The van der Waals surface area contributed by atoms with E-state index >= 15 is 0 Å². The maximum atomic E-state index is 9.80. The van der Waals surface area contributed by atoms with Gasteiger partial charge in [0.05, 0.1) is 0 Å². The van der Waals surface area contributed by atoms with E-state index in [1.54, 1.807) is 11.1 Å². The maximum Gasteiger partial charge on any atom is 0.0465 e. The van der Waals surface area contributed by atoms with E-state index in [1.807, 2.05) is 0 Å². The number of aliphatic hydroxyl groups excluding tert-OH is 1. The molecule has 2 N–H and O–H groups in total. The topological polar surface area (TPSA) is 32.3 Å². The van der Waals surface area contributed by atoms with Crippen molar-refractivity contribution in [2.45, 2.75) is 37.1 Å². The summed E-state index contributed by atoms with van der Waals surface area (Å²) in [5.74, 6) is 1.04. The van der Waals surface area contributed by atoms with E-state index in [0.29, 0.717) is 29.9 Å². The first-order valence-corrected chi connectivity index (χ1v) is 8.41. The summed E-state index contributed by atoms with van der Waals surface area (Å²) in [5.41, 5.74) is 3.74. The van der Waals surface area contributed by atoms with Gasteiger partial charge in [0.15, 0.2) is 0 Å². The number of nitrogens with one attached hydrogen (secondary N) is 1. The van der Waals surface area contributed by atoms with Crippen LogP contribution in [0.2, 0.25) is 0 Å². The van der Waals surface area contributed by atoms with E-state index < -0.39 is 0 Å². The molecule has 110 valence electrons. The van der Waals surface area contributed by atoms with Crippen LogP contribution >= 0.6 is 0 Å². The van der Waals surface area contributed by atoms with Crippen LogP contribution in [0.15, 0.2) is 36.4 Å². The summed E-state index contributed by atoms with van der Waals surface area (Å²) in [5, 5.41) is 13.6. The summed E-state index contributed by atoms with van der Waals surface area (Å²) in [4.78, 5) is 0. The van der Waals surface area contributed by atoms with Gasteiger partial charge in [0.25, 0.3) is 0 Å². The minimum atomic E-state index is 0.238. The highest BCUT2D eigenvalue weighted by atomic mass is 16.3. The van der Waals surface area contributed by atoms with E-state index in [1.165, 1.54) is 12.8 Å². The summed E-state index contributed by atoms with van der Waals surface area (Å²) < 4.78 is 0. The van der Waals surface area contributed by atoms with Crippen molar-refractivity contribution < 1.29 is 5.11 Å². The van der Waals surface area contributed by atoms with Crippen molar-refractivity contribution >= 4 is 0 Å². The zero-order valence-corrected chi connectivity index (χ0v) is 12.4. The van der Waals surface area contributed by atoms with Gasteiger partial charge in [-0.1, -0.05) is 36.4 Å². The van der Waals surface area contributed by atoms with Gasteiger partial charge in [-0.15, -0.1) is 0 Å². The SMILES string of the molecule is OC[C@H]1C[C@@]23C=C[C@@H]1C[C@@]21CCN[C@@H]3Cc2ccccc21. The second kappa shape index (κ2) is 3.99. The zero-order valence-electron chi connectivity index (χ0n) is 12.4. The molecule has 1 aromatic rings. The van der Waals surface area contributed by atoms with Crippen LogP contribution in [-0.2, 0) is 11.8 Å². The normalized spacial score (nSPS) is 46.0. The van der Waals surface area contributed by atoms with E-state index in [9.17, 15) is 5.11 Å². The third kappa shape index (κ3) is 1.32. The van der Waals surface area contributed by atoms with Crippen molar-refractivity contribution in [1.82, 2.24) is 5.32 Å². The number of benzene rings is 1. The fraction of sp³-hybridized carbons (Fsp3) is 0.579. The average molecular weight is 281 g/mol. The third-order valence-corrected chi connectivity index (χ3v) is 7.08. The number of hydrogen-bond donors (Lipinski definition) is 2. The van der Waals surface area contributed by atoms with Crippen LogP contribution < -0.4 is 5.32 Å². The van der Waals surface area contributed by atoms with E-state index in [4.69, 9.17) is 0 Å². The number of hydrogen-bond acceptors (Lipinski definition) is 2. The Balaban J connectivity index is 1.76. The van der Waals surface area contributed by atoms with Crippen molar-refractivity contribution in [1.29, 1.82) is 0 Å². The molecule has 0 aromatic heterocycles. The Kier molecular flexibility index (Phi) is 2.36. The number of piperidine rings is 1. The van der Waals surface area contributed by atoms with E-state index in [2.05, 4.69) is 41.7 Å². The van der Waals surface area contributed by atoms with Crippen LogP contribution in [-0.4, -0.2) is 24.3 Å². The van der Waals surface area contributed by atoms with Gasteiger partial charge in [0, 0.05) is 23.5 Å². The van der Waals surface area contributed by atoms with Gasteiger partial charge in [-0.2, -0.15) is 0 Å². The van der Waals surface area contributed by atoms with E-state index in [0.717, 1.165) is 19.4 Å². The fourth-order valence-corrected chi connectivity index (χ4v) is 6.19. The van der Waals surface area contributed by atoms with Gasteiger partial charge in [0.1, 0.15) is 0 Å². The highest BCUT2D eigenvalue weighted by Gasteiger charge is 2.65. The standard InChI is InChI=1S/C19H23NO/c21-12-15-11-19-6-5-14(15)10-18(19)7-8-20-17(19)9-13-3-1-2-4-16(13)18/h1-6,14-15,17,20-21H,7-12H2/t14-,15-,17-,18-,19-/m1/s1. The van der Waals surface area contributed by atoms with Crippen molar-refractivity contribution in [3.05, 3.63) is 47.5 Å². The summed E-state index contributed by atoms with van der Waals surface area (Å²) in [6.45, 7) is 1.49. The summed E-state index contributed by atoms with van der Waals surface area (Å²) in [6.07, 6.45) is 9.77. The molecule has 0 unspecified atom stereocenters. The van der Waals surface area contributed by atoms with Crippen LogP contribution in [0.1, 0.15) is 30.4 Å². The molecular formula is C19H23NO. The summed E-state index contributed by atoms with van der Waals surface area (Å²) in [6, 6.07) is 9.68. The molecule has 5 aliphatic rings. The smallest absolute Gasteiger partial charge is 0.0465 e. The predicted octanol–water partition coefficient (Wildman–Crippen LogP) is 2.42. The highest BCUT2D eigenvalue weighted by Crippen LogP contribution is 2.66. The largest absolute Gasteiger partial charge is 0.396 e. The molecule has 1 spiro atoms. The van der Waals surface area contributed by atoms with Crippen LogP contribution in [0.5, 0.6) is 0 Å². The number of fused-ring (bicyclic) bond motifs is 2. The molecular weight excluding hydrogens is 258 g/mol. The quantitative estimate of drug-likeness (QED) is 0.775. The minimum absolute atomic E-state index is 0.238. The first-order chi connectivity index (χ1) is 10.3. The lowest BCUT2D eigenvalue weighted by Gasteiger charge is -2.67. The molecule has 1 aliphatic heterocycles. The molecule has 1 heterocycles. The molecule has 1 saturated carbocycles. The second-order valence-electron chi connectivity index (χ2n) is 7.61. The molecule has 0 radical (unpaired) electrons. The molecule has 2 nitrogen and oxygen atoms in total. The molecule has 21 heavy (non-hydrogen) atoms. The van der Waals surface area contributed by atoms with Gasteiger partial charge >= 0.3 is 0 Å². The number of allylic oxidation sites excluding steroid dienone is 1. The van der Waals surface area contributed by atoms with Crippen LogP contribution in [0.4, 0.5) is 0 Å². The van der Waals surface area contributed by atoms with Crippen molar-refractivity contribution in [2.24, 2.45) is 17.3 Å². The lowest BCUT2D eigenvalue weighted by molar-refractivity contribution is -0.0549. The molecule has 0 amide bonds. The van der Waals surface area contributed by atoms with Crippen molar-refractivity contribution in [3.63, 3.8) is 0 Å². The molecule has 2 heteroatoms. The van der Waals surface area contributed by atoms with Gasteiger partial charge in [-0.3, -0.25) is 0 Å². The predicted molar refractivity (Wildman–Crippen MR) is 83.1 cm³/mol. The number of aliphatic hydroxyl groups is 1. The second-order valence-corrected chi connectivity index (χ2v) is 7.61. The summed E-state index contributed by atoms with van der Waals surface area (Å²) >= 11 is 0. The Hall–Kier alpha value is -1.12. The monoisotopic (exact) mass is 281 g/mol. The van der Waals surface area contributed by atoms with E-state index in [-0.39, 0.29) is 5.41 Å². The van der Waals surface area contributed by atoms with Crippen molar-refractivity contribution in [2.75, 3.05) is 13.2 Å². The lowest BCUT2D eigenvalue weighted by atomic mass is 9.39. The van der Waals surface area contributed by atoms with Crippen molar-refractivity contribution in [3.8, 4) is 0 Å². The summed E-state index contributed by atoms with van der Waals surface area (Å²) in [7, 11) is 0. The average Bonchev–Trinajstić information content (AvgIpc) is 2.54. The molecule has 4 bridgehead atoms. The highest BCUT2D eigenvalue weighted by molar-refractivity contribution is 5.48. The lowest BCUT2D eigenvalue weighted by Crippen LogP contribution is -2.69. The zero-order chi connectivity index (χ0) is 14.1. The minimum Gasteiger partial charge on any atom is -0.396 e. The molecule has 1 saturated heterocycles. The number of rotatable bonds is 1. The third-order valence-electron chi connectivity index (χ3n) is 7.08. The Morgan fingerprint density at radius 1 is 1.24 bits per heavy atom. The Morgan fingerprint density at radius 3 is 3.05 bits per heavy atom. The van der Waals surface area contributed by atoms with Gasteiger partial charge in [-0.25, -0.2) is 0 Å². The van der Waals surface area contributed by atoms with Gasteiger partial charge in [-0.05, 0) is 55.2 Å². The molecule has 2 fully saturated rings. The van der Waals surface area contributed by atoms with Crippen LogP contribution in [0, 0.1) is 17.3 Å². The first kappa shape index (κ1) is 12.4. The Labute approximate surface area is 126 Å². The Bertz CT molecular complexity index is 624. The van der Waals surface area contributed by atoms with Gasteiger partial charge in [0.2, 0.25) is 0 Å². The molecule has 4 aliphatic carbocycles. The fourth-order valence-electron chi connectivity index (χ4n) is 6.19. The van der Waals surface area contributed by atoms with Crippen LogP contribution in [0.3, 0.4) is 0 Å². The first-order valence-electron chi connectivity index (χ1n) is 8.41. The van der Waals surface area contributed by atoms with Gasteiger partial charge < -0.3 is 10.4 Å².